The standard InChI is InChI=1S/C22H37NO2/c1-7-23(8-2)22(25)20(5)16-10-14-18(3)12-9-13-19(4)15-11-17-21(6)24/h12,15-16H,7-11,13-14,17H2,1-6H3. The van der Waals surface area contributed by atoms with Crippen LogP contribution in [0.15, 0.2) is 34.9 Å². The fraction of sp³-hybridized carbons (Fsp3) is 0.636. The van der Waals surface area contributed by atoms with E-state index in [1.165, 1.54) is 11.1 Å². The van der Waals surface area contributed by atoms with Crippen LogP contribution >= 0.6 is 0 Å². The molecule has 0 N–H and O–H groups in total. The predicted octanol–water partition coefficient (Wildman–Crippen LogP) is 5.62. The molecule has 3 heteroatoms. The first-order valence-corrected chi connectivity index (χ1v) is 9.58. The second-order valence-electron chi connectivity index (χ2n) is 6.78. The maximum absolute atomic E-state index is 12.2. The molecular formula is C22H37NO2. The molecule has 0 fully saturated rings. The smallest absolute Gasteiger partial charge is 0.249 e. The molecule has 0 aromatic rings. The Labute approximate surface area is 154 Å². The zero-order valence-electron chi connectivity index (χ0n) is 17.2. The molecule has 0 aliphatic rings. The fourth-order valence-electron chi connectivity index (χ4n) is 2.64. The number of likely N-dealkylation sites (N-methyl/N-ethyl adjacent to an activating group) is 1. The number of carbonyl (C=O) groups is 2. The van der Waals surface area contributed by atoms with E-state index in [4.69, 9.17) is 0 Å². The average molecular weight is 348 g/mol. The number of nitrogens with zero attached hydrogens (tertiary/aromatic N) is 1. The number of hydrogen-bond donors (Lipinski definition) is 0. The van der Waals surface area contributed by atoms with Crippen molar-refractivity contribution in [3.8, 4) is 0 Å². The van der Waals surface area contributed by atoms with Crippen molar-refractivity contribution in [3.05, 3.63) is 34.9 Å². The average Bonchev–Trinajstić information content (AvgIpc) is 2.55. The lowest BCUT2D eigenvalue weighted by atomic mass is 10.0. The molecule has 0 heterocycles. The molecule has 142 valence electrons. The third kappa shape index (κ3) is 11.5. The van der Waals surface area contributed by atoms with E-state index >= 15 is 0 Å². The molecule has 0 bridgehead atoms. The fourth-order valence-corrected chi connectivity index (χ4v) is 2.64. The van der Waals surface area contributed by atoms with E-state index in [-0.39, 0.29) is 11.7 Å². The lowest BCUT2D eigenvalue weighted by Crippen LogP contribution is -2.31. The summed E-state index contributed by atoms with van der Waals surface area (Å²) >= 11 is 0. The number of Topliss-reactive ketones (excluding diaryl/α,β-unsaturated/α-hetero) is 1. The van der Waals surface area contributed by atoms with Gasteiger partial charge in [-0.05, 0) is 73.6 Å². The zero-order chi connectivity index (χ0) is 19.2. The van der Waals surface area contributed by atoms with Crippen molar-refractivity contribution in [1.82, 2.24) is 4.90 Å². The van der Waals surface area contributed by atoms with Crippen LogP contribution in [0.3, 0.4) is 0 Å². The number of ketones is 1. The zero-order valence-corrected chi connectivity index (χ0v) is 17.2. The minimum absolute atomic E-state index is 0.151. The monoisotopic (exact) mass is 347 g/mol. The molecule has 0 aliphatic carbocycles. The highest BCUT2D eigenvalue weighted by atomic mass is 16.2. The summed E-state index contributed by atoms with van der Waals surface area (Å²) in [5.41, 5.74) is 3.57. The minimum atomic E-state index is 0.151. The predicted molar refractivity (Wildman–Crippen MR) is 108 cm³/mol. The first kappa shape index (κ1) is 23.4. The van der Waals surface area contributed by atoms with Crippen molar-refractivity contribution in [2.75, 3.05) is 13.1 Å². The van der Waals surface area contributed by atoms with Crippen molar-refractivity contribution in [2.45, 2.75) is 80.1 Å². The van der Waals surface area contributed by atoms with Gasteiger partial charge >= 0.3 is 0 Å². The SMILES string of the molecule is CCN(CC)C(=O)C(C)=CCCC(C)=CCCC(C)=CCCC(C)=O. The van der Waals surface area contributed by atoms with Crippen LogP contribution in [-0.4, -0.2) is 29.7 Å². The molecule has 0 atom stereocenters. The molecule has 0 spiro atoms. The van der Waals surface area contributed by atoms with E-state index in [2.05, 4.69) is 32.1 Å². The van der Waals surface area contributed by atoms with E-state index in [0.717, 1.165) is 50.8 Å². The second-order valence-corrected chi connectivity index (χ2v) is 6.78. The first-order chi connectivity index (χ1) is 11.8. The van der Waals surface area contributed by atoms with Crippen LogP contribution in [0.5, 0.6) is 0 Å². The first-order valence-electron chi connectivity index (χ1n) is 9.58. The summed E-state index contributed by atoms with van der Waals surface area (Å²) in [6.45, 7) is 13.4. The van der Waals surface area contributed by atoms with Gasteiger partial charge in [0, 0.05) is 25.1 Å². The van der Waals surface area contributed by atoms with Gasteiger partial charge in [-0.3, -0.25) is 4.79 Å². The highest BCUT2D eigenvalue weighted by molar-refractivity contribution is 5.92. The van der Waals surface area contributed by atoms with Gasteiger partial charge in [0.15, 0.2) is 0 Å². The van der Waals surface area contributed by atoms with Gasteiger partial charge in [0.1, 0.15) is 5.78 Å². The van der Waals surface area contributed by atoms with Crippen LogP contribution in [0.1, 0.15) is 80.1 Å². The van der Waals surface area contributed by atoms with Crippen LogP contribution in [0.4, 0.5) is 0 Å². The number of carbonyl (C=O) groups excluding carboxylic acids is 2. The number of amides is 1. The normalized spacial score (nSPS) is 13.1. The van der Waals surface area contributed by atoms with Crippen molar-refractivity contribution >= 4 is 11.7 Å². The minimum Gasteiger partial charge on any atom is -0.340 e. The topological polar surface area (TPSA) is 37.4 Å². The highest BCUT2D eigenvalue weighted by Gasteiger charge is 2.10. The van der Waals surface area contributed by atoms with Crippen molar-refractivity contribution < 1.29 is 9.59 Å². The van der Waals surface area contributed by atoms with Gasteiger partial charge in [-0.1, -0.05) is 29.4 Å². The molecule has 0 unspecified atom stereocenters. The summed E-state index contributed by atoms with van der Waals surface area (Å²) in [6, 6.07) is 0. The molecule has 0 aromatic heterocycles. The molecule has 3 nitrogen and oxygen atoms in total. The van der Waals surface area contributed by atoms with Gasteiger partial charge in [-0.25, -0.2) is 0 Å². The Bertz CT molecular complexity index is 508. The summed E-state index contributed by atoms with van der Waals surface area (Å²) < 4.78 is 0. The molecule has 25 heavy (non-hydrogen) atoms. The van der Waals surface area contributed by atoms with Crippen LogP contribution < -0.4 is 0 Å². The highest BCUT2D eigenvalue weighted by Crippen LogP contribution is 2.13. The third-order valence-electron chi connectivity index (χ3n) is 4.40. The Balaban J connectivity index is 4.22. The van der Waals surface area contributed by atoms with Gasteiger partial charge in [0.2, 0.25) is 5.91 Å². The summed E-state index contributed by atoms with van der Waals surface area (Å²) in [4.78, 5) is 25.0. The Kier molecular flexibility index (Phi) is 12.7. The Hall–Kier alpha value is -1.64. The lowest BCUT2D eigenvalue weighted by Gasteiger charge is -2.18. The summed E-state index contributed by atoms with van der Waals surface area (Å²) in [5.74, 6) is 0.403. The van der Waals surface area contributed by atoms with Crippen LogP contribution in [0.2, 0.25) is 0 Å². The summed E-state index contributed by atoms with van der Waals surface area (Å²) in [7, 11) is 0. The van der Waals surface area contributed by atoms with Crippen molar-refractivity contribution in [1.29, 1.82) is 0 Å². The van der Waals surface area contributed by atoms with Gasteiger partial charge in [0.05, 0.1) is 0 Å². The summed E-state index contributed by atoms with van der Waals surface area (Å²) in [6.07, 6.45) is 12.0. The van der Waals surface area contributed by atoms with Gasteiger partial charge in [-0.2, -0.15) is 0 Å². The number of hydrogen-bond acceptors (Lipinski definition) is 2. The van der Waals surface area contributed by atoms with Crippen LogP contribution in [0, 0.1) is 0 Å². The van der Waals surface area contributed by atoms with E-state index in [9.17, 15) is 9.59 Å². The van der Waals surface area contributed by atoms with Gasteiger partial charge in [0.25, 0.3) is 0 Å². The molecule has 1 amide bonds. The Morgan fingerprint density at radius 3 is 1.60 bits per heavy atom. The molecule has 0 aromatic carbocycles. The summed E-state index contributed by atoms with van der Waals surface area (Å²) in [5, 5.41) is 0. The third-order valence-corrected chi connectivity index (χ3v) is 4.40. The molecule has 0 saturated carbocycles. The van der Waals surface area contributed by atoms with E-state index < -0.39 is 0 Å². The van der Waals surface area contributed by atoms with E-state index in [1.807, 2.05) is 25.7 Å². The van der Waals surface area contributed by atoms with Crippen LogP contribution in [0.25, 0.3) is 0 Å². The second kappa shape index (κ2) is 13.6. The number of allylic oxidation sites excluding steroid dienone is 5. The van der Waals surface area contributed by atoms with Gasteiger partial charge in [-0.15, -0.1) is 0 Å². The largest absolute Gasteiger partial charge is 0.340 e. The van der Waals surface area contributed by atoms with Gasteiger partial charge < -0.3 is 9.69 Å². The lowest BCUT2D eigenvalue weighted by molar-refractivity contribution is -0.126. The molecule has 0 saturated heterocycles. The number of rotatable bonds is 12. The molecular weight excluding hydrogens is 310 g/mol. The maximum atomic E-state index is 12.2. The quantitative estimate of drug-likeness (QED) is 0.339. The van der Waals surface area contributed by atoms with E-state index in [0.29, 0.717) is 6.42 Å². The van der Waals surface area contributed by atoms with Crippen molar-refractivity contribution in [2.24, 2.45) is 0 Å². The maximum Gasteiger partial charge on any atom is 0.249 e. The Morgan fingerprint density at radius 1 is 0.720 bits per heavy atom. The van der Waals surface area contributed by atoms with Crippen molar-refractivity contribution in [3.63, 3.8) is 0 Å². The molecule has 0 aliphatic heterocycles. The van der Waals surface area contributed by atoms with E-state index in [1.54, 1.807) is 6.92 Å². The van der Waals surface area contributed by atoms with Crippen LogP contribution in [-0.2, 0) is 9.59 Å². The Morgan fingerprint density at radius 2 is 1.16 bits per heavy atom. The molecule has 0 rings (SSSR count). The molecule has 0 radical (unpaired) electrons.